The molecular weight excluding hydrogens is 384 g/mol. The molecule has 0 spiro atoms. The van der Waals surface area contributed by atoms with Crippen molar-refractivity contribution in [1.82, 2.24) is 4.90 Å². The number of anilines is 1. The van der Waals surface area contributed by atoms with Gasteiger partial charge in [-0.25, -0.2) is 4.79 Å². The fraction of sp³-hybridized carbons (Fsp3) is 0.391. The van der Waals surface area contributed by atoms with Crippen molar-refractivity contribution in [3.8, 4) is 11.5 Å². The number of ether oxygens (including phenoxy) is 3. The van der Waals surface area contributed by atoms with E-state index in [2.05, 4.69) is 16.3 Å². The van der Waals surface area contributed by atoms with Gasteiger partial charge in [0.05, 0.1) is 32.4 Å². The summed E-state index contributed by atoms with van der Waals surface area (Å²) in [6.45, 7) is 2.50. The number of likely N-dealkylation sites (tertiary alicyclic amines) is 1. The Kier molecular flexibility index (Phi) is 6.18. The minimum Gasteiger partial charge on any atom is -0.490 e. The number of fused-ring (bicyclic) bond motifs is 1. The standard InChI is InChI=1S/C23H26N2O5/c1-28-23(27)16-5-8-18(9-6-16)24-22(26)15-25-11-2-4-19(25)17-7-10-20-21(14-17)30-13-3-12-29-20/h5-10,14,19H,2-4,11-13,15H2,1H3,(H,24,26)/t19-/m1/s1. The predicted molar refractivity (Wildman–Crippen MR) is 112 cm³/mol. The van der Waals surface area contributed by atoms with E-state index in [0.717, 1.165) is 42.9 Å². The molecule has 0 aliphatic carbocycles. The van der Waals surface area contributed by atoms with Gasteiger partial charge in [0.15, 0.2) is 11.5 Å². The summed E-state index contributed by atoms with van der Waals surface area (Å²) in [4.78, 5) is 26.3. The minimum atomic E-state index is -0.400. The number of amides is 1. The van der Waals surface area contributed by atoms with E-state index < -0.39 is 5.97 Å². The van der Waals surface area contributed by atoms with Crippen molar-refractivity contribution in [2.75, 3.05) is 38.7 Å². The molecule has 0 bridgehead atoms. The molecule has 1 atom stereocenters. The Hall–Kier alpha value is -3.06. The molecule has 30 heavy (non-hydrogen) atoms. The number of carbonyl (C=O) groups excluding carboxylic acids is 2. The van der Waals surface area contributed by atoms with Crippen LogP contribution in [-0.2, 0) is 9.53 Å². The van der Waals surface area contributed by atoms with Gasteiger partial charge in [0, 0.05) is 18.2 Å². The average Bonchev–Trinajstić information content (AvgIpc) is 3.08. The molecule has 2 aliphatic heterocycles. The Balaban J connectivity index is 1.40. The quantitative estimate of drug-likeness (QED) is 0.762. The maximum atomic E-state index is 12.6. The smallest absolute Gasteiger partial charge is 0.337 e. The van der Waals surface area contributed by atoms with Gasteiger partial charge in [-0.15, -0.1) is 0 Å². The van der Waals surface area contributed by atoms with E-state index in [0.29, 0.717) is 31.0 Å². The maximum Gasteiger partial charge on any atom is 0.337 e. The van der Waals surface area contributed by atoms with Crippen molar-refractivity contribution in [2.45, 2.75) is 25.3 Å². The molecule has 4 rings (SSSR count). The van der Waals surface area contributed by atoms with Crippen LogP contribution in [0.4, 0.5) is 5.69 Å². The monoisotopic (exact) mass is 410 g/mol. The molecule has 2 aromatic carbocycles. The summed E-state index contributed by atoms with van der Waals surface area (Å²) >= 11 is 0. The van der Waals surface area contributed by atoms with E-state index in [1.165, 1.54) is 7.11 Å². The lowest BCUT2D eigenvalue weighted by Gasteiger charge is -2.25. The first-order valence-corrected chi connectivity index (χ1v) is 10.3. The van der Waals surface area contributed by atoms with E-state index in [1.54, 1.807) is 24.3 Å². The molecule has 2 aromatic rings. The molecule has 7 heteroatoms. The van der Waals surface area contributed by atoms with Gasteiger partial charge < -0.3 is 19.5 Å². The van der Waals surface area contributed by atoms with Crippen molar-refractivity contribution < 1.29 is 23.8 Å². The van der Waals surface area contributed by atoms with Gasteiger partial charge in [0.1, 0.15) is 0 Å². The highest BCUT2D eigenvalue weighted by atomic mass is 16.5. The van der Waals surface area contributed by atoms with E-state index >= 15 is 0 Å². The summed E-state index contributed by atoms with van der Waals surface area (Å²) in [7, 11) is 1.34. The van der Waals surface area contributed by atoms with Gasteiger partial charge in [-0.05, 0) is 61.3 Å². The Morgan fingerprint density at radius 2 is 1.83 bits per heavy atom. The zero-order valence-corrected chi connectivity index (χ0v) is 17.1. The SMILES string of the molecule is COC(=O)c1ccc(NC(=O)CN2CCC[C@@H]2c2ccc3c(c2)OCCCO3)cc1. The molecular formula is C23H26N2O5. The van der Waals surface area contributed by atoms with Crippen molar-refractivity contribution in [1.29, 1.82) is 0 Å². The second-order valence-electron chi connectivity index (χ2n) is 7.50. The number of nitrogens with zero attached hydrogens (tertiary/aromatic N) is 1. The van der Waals surface area contributed by atoms with Gasteiger partial charge in [-0.2, -0.15) is 0 Å². The number of hydrogen-bond acceptors (Lipinski definition) is 6. The first kappa shape index (κ1) is 20.2. The Labute approximate surface area is 175 Å². The van der Waals surface area contributed by atoms with Crippen molar-refractivity contribution in [3.05, 3.63) is 53.6 Å². The molecule has 1 N–H and O–H groups in total. The largest absolute Gasteiger partial charge is 0.490 e. The number of esters is 1. The third kappa shape index (κ3) is 4.57. The molecule has 1 saturated heterocycles. The molecule has 2 heterocycles. The molecule has 2 aliphatic rings. The second-order valence-corrected chi connectivity index (χ2v) is 7.50. The highest BCUT2D eigenvalue weighted by Crippen LogP contribution is 2.37. The minimum absolute atomic E-state index is 0.0814. The van der Waals surface area contributed by atoms with Crippen LogP contribution >= 0.6 is 0 Å². The normalized spacial score (nSPS) is 18.5. The fourth-order valence-electron chi connectivity index (χ4n) is 3.97. The zero-order chi connectivity index (χ0) is 20.9. The summed E-state index contributed by atoms with van der Waals surface area (Å²) in [6, 6.07) is 12.9. The summed E-state index contributed by atoms with van der Waals surface area (Å²) in [5.41, 5.74) is 2.25. The summed E-state index contributed by atoms with van der Waals surface area (Å²) in [5.74, 6) is 1.09. The van der Waals surface area contributed by atoms with Gasteiger partial charge in [0.25, 0.3) is 0 Å². The Morgan fingerprint density at radius 1 is 1.07 bits per heavy atom. The van der Waals surface area contributed by atoms with E-state index in [-0.39, 0.29) is 11.9 Å². The lowest BCUT2D eigenvalue weighted by Crippen LogP contribution is -2.33. The van der Waals surface area contributed by atoms with Crippen molar-refractivity contribution >= 4 is 17.6 Å². The molecule has 158 valence electrons. The first-order chi connectivity index (χ1) is 14.6. The van der Waals surface area contributed by atoms with Crippen LogP contribution < -0.4 is 14.8 Å². The van der Waals surface area contributed by atoms with Crippen LogP contribution in [0.1, 0.15) is 41.2 Å². The van der Waals surface area contributed by atoms with Gasteiger partial charge in [0.2, 0.25) is 5.91 Å². The highest BCUT2D eigenvalue weighted by Gasteiger charge is 2.28. The number of nitrogens with one attached hydrogen (secondary N) is 1. The van der Waals surface area contributed by atoms with E-state index in [1.807, 2.05) is 12.1 Å². The van der Waals surface area contributed by atoms with E-state index in [9.17, 15) is 9.59 Å². The zero-order valence-electron chi connectivity index (χ0n) is 17.1. The molecule has 0 radical (unpaired) electrons. The third-order valence-electron chi connectivity index (χ3n) is 5.46. The number of rotatable bonds is 5. The first-order valence-electron chi connectivity index (χ1n) is 10.3. The van der Waals surface area contributed by atoms with Crippen molar-refractivity contribution in [3.63, 3.8) is 0 Å². The number of carbonyl (C=O) groups is 2. The van der Waals surface area contributed by atoms with Gasteiger partial charge >= 0.3 is 5.97 Å². The fourth-order valence-corrected chi connectivity index (χ4v) is 3.97. The van der Waals surface area contributed by atoms with Crippen LogP contribution in [0.15, 0.2) is 42.5 Å². The summed E-state index contributed by atoms with van der Waals surface area (Å²) < 4.78 is 16.2. The molecule has 1 amide bonds. The van der Waals surface area contributed by atoms with Crippen LogP contribution in [0.2, 0.25) is 0 Å². The van der Waals surface area contributed by atoms with Crippen LogP contribution in [0.5, 0.6) is 11.5 Å². The molecule has 1 fully saturated rings. The van der Waals surface area contributed by atoms with Crippen LogP contribution in [-0.4, -0.2) is 50.2 Å². The van der Waals surface area contributed by atoms with Crippen LogP contribution in [0.25, 0.3) is 0 Å². The molecule has 7 nitrogen and oxygen atoms in total. The number of methoxy groups -OCH3 is 1. The average molecular weight is 410 g/mol. The summed E-state index contributed by atoms with van der Waals surface area (Å²) in [6.07, 6.45) is 2.92. The Bertz CT molecular complexity index is 912. The van der Waals surface area contributed by atoms with Gasteiger partial charge in [-0.1, -0.05) is 6.07 Å². The Morgan fingerprint density at radius 3 is 2.60 bits per heavy atom. The van der Waals surface area contributed by atoms with Gasteiger partial charge in [-0.3, -0.25) is 9.69 Å². The lowest BCUT2D eigenvalue weighted by atomic mass is 10.0. The number of benzene rings is 2. The van der Waals surface area contributed by atoms with Crippen LogP contribution in [0.3, 0.4) is 0 Å². The van der Waals surface area contributed by atoms with E-state index in [4.69, 9.17) is 14.2 Å². The topological polar surface area (TPSA) is 77.1 Å². The molecule has 0 saturated carbocycles. The van der Waals surface area contributed by atoms with Crippen LogP contribution in [0, 0.1) is 0 Å². The number of hydrogen-bond donors (Lipinski definition) is 1. The molecule has 0 unspecified atom stereocenters. The van der Waals surface area contributed by atoms with Crippen molar-refractivity contribution in [2.24, 2.45) is 0 Å². The highest BCUT2D eigenvalue weighted by molar-refractivity contribution is 5.94. The summed E-state index contributed by atoms with van der Waals surface area (Å²) in [5, 5.41) is 2.91. The lowest BCUT2D eigenvalue weighted by molar-refractivity contribution is -0.117. The predicted octanol–water partition coefficient (Wildman–Crippen LogP) is 3.41. The third-order valence-corrected chi connectivity index (χ3v) is 5.46. The molecule has 0 aromatic heterocycles. The maximum absolute atomic E-state index is 12.6. The second kappa shape index (κ2) is 9.17.